The van der Waals surface area contributed by atoms with E-state index in [-0.39, 0.29) is 11.8 Å². The van der Waals surface area contributed by atoms with E-state index in [1.54, 1.807) is 18.6 Å². The summed E-state index contributed by atoms with van der Waals surface area (Å²) in [4.78, 5) is 16.1. The van der Waals surface area contributed by atoms with Crippen LogP contribution in [0.5, 0.6) is 5.75 Å². The Morgan fingerprint density at radius 3 is 2.79 bits per heavy atom. The maximum Gasteiger partial charge on any atom is 0.328 e. The first-order valence-corrected chi connectivity index (χ1v) is 6.34. The zero-order valence-electron chi connectivity index (χ0n) is 11.0. The molecule has 1 atom stereocenters. The zero-order valence-corrected chi connectivity index (χ0v) is 11.8. The normalized spacial score (nSPS) is 12.4. The summed E-state index contributed by atoms with van der Waals surface area (Å²) in [6.07, 6.45) is 0. The highest BCUT2D eigenvalue weighted by molar-refractivity contribution is 6.16. The predicted octanol–water partition coefficient (Wildman–Crippen LogP) is 2.52. The molecule has 1 aromatic heterocycles. The van der Waals surface area contributed by atoms with Gasteiger partial charge in [0.25, 0.3) is 0 Å². The molecule has 0 aliphatic heterocycles. The molecule has 0 saturated carbocycles. The van der Waals surface area contributed by atoms with Gasteiger partial charge < -0.3 is 14.0 Å². The molecule has 2 aromatic rings. The number of aromatic nitrogens is 2. The number of carbonyl (C=O) groups excluding carboxylic acids is 1. The number of rotatable bonds is 4. The predicted molar refractivity (Wildman–Crippen MR) is 72.6 cm³/mol. The Morgan fingerprint density at radius 1 is 1.47 bits per heavy atom. The molecule has 6 heteroatoms. The Hall–Kier alpha value is -1.75. The summed E-state index contributed by atoms with van der Waals surface area (Å²) >= 11 is 5.90. The average Bonchev–Trinajstić information content (AvgIpc) is 2.82. The molecule has 1 heterocycles. The smallest absolute Gasteiger partial charge is 0.328 e. The average molecular weight is 283 g/mol. The van der Waals surface area contributed by atoms with Gasteiger partial charge in [-0.3, -0.25) is 0 Å². The van der Waals surface area contributed by atoms with Crippen molar-refractivity contribution in [2.45, 2.75) is 18.8 Å². The molecule has 0 bridgehead atoms. The molecule has 0 radical (unpaired) electrons. The Balaban J connectivity index is 2.61. The number of halogens is 1. The Labute approximate surface area is 116 Å². The minimum Gasteiger partial charge on any atom is -0.497 e. The fraction of sp³-hybridized carbons (Fsp3) is 0.385. The van der Waals surface area contributed by atoms with Gasteiger partial charge in [0.2, 0.25) is 0 Å². The number of benzene rings is 1. The summed E-state index contributed by atoms with van der Waals surface area (Å²) < 4.78 is 11.7. The van der Waals surface area contributed by atoms with Crippen molar-refractivity contribution in [2.24, 2.45) is 0 Å². The van der Waals surface area contributed by atoms with E-state index in [0.717, 1.165) is 11.0 Å². The van der Waals surface area contributed by atoms with E-state index < -0.39 is 6.04 Å². The minimum atomic E-state index is -0.475. The van der Waals surface area contributed by atoms with Crippen LogP contribution in [0.3, 0.4) is 0 Å². The van der Waals surface area contributed by atoms with Gasteiger partial charge in [0.05, 0.1) is 31.1 Å². The molecular formula is C13H15ClN2O3. The highest BCUT2D eigenvalue weighted by atomic mass is 35.5. The molecule has 1 unspecified atom stereocenters. The Kier molecular flexibility index (Phi) is 3.95. The maximum absolute atomic E-state index is 11.7. The third-order valence-corrected chi connectivity index (χ3v) is 3.26. The first-order chi connectivity index (χ1) is 9.12. The van der Waals surface area contributed by atoms with Crippen LogP contribution in [-0.2, 0) is 15.4 Å². The van der Waals surface area contributed by atoms with E-state index in [1.807, 2.05) is 18.2 Å². The first-order valence-electron chi connectivity index (χ1n) is 5.81. The molecule has 19 heavy (non-hydrogen) atoms. The standard InChI is InChI=1S/C13H15ClN2O3/c1-8(13(17)19-3)16-11-5-4-9(18-2)6-10(11)15-12(16)7-14/h4-6,8H,7H2,1-3H3. The SMILES string of the molecule is COC(=O)C(C)n1c(CCl)nc2cc(OC)ccc21. The summed E-state index contributed by atoms with van der Waals surface area (Å²) in [6, 6.07) is 5.02. The largest absolute Gasteiger partial charge is 0.497 e. The molecule has 5 nitrogen and oxygen atoms in total. The van der Waals surface area contributed by atoms with E-state index in [2.05, 4.69) is 4.98 Å². The van der Waals surface area contributed by atoms with Crippen molar-refractivity contribution in [3.8, 4) is 5.75 Å². The second kappa shape index (κ2) is 5.48. The number of fused-ring (bicyclic) bond motifs is 1. The summed E-state index contributed by atoms with van der Waals surface area (Å²) in [7, 11) is 2.96. The van der Waals surface area contributed by atoms with Crippen LogP contribution in [0.25, 0.3) is 11.0 Å². The first kappa shape index (κ1) is 13.7. The number of hydrogen-bond donors (Lipinski definition) is 0. The van der Waals surface area contributed by atoms with Gasteiger partial charge in [-0.25, -0.2) is 9.78 Å². The van der Waals surface area contributed by atoms with Gasteiger partial charge in [-0.05, 0) is 19.1 Å². The van der Waals surface area contributed by atoms with Crippen molar-refractivity contribution in [1.82, 2.24) is 9.55 Å². The van der Waals surface area contributed by atoms with Gasteiger partial charge in [0.1, 0.15) is 17.6 Å². The fourth-order valence-electron chi connectivity index (χ4n) is 2.06. The number of carbonyl (C=O) groups is 1. The van der Waals surface area contributed by atoms with Crippen molar-refractivity contribution < 1.29 is 14.3 Å². The topological polar surface area (TPSA) is 53.4 Å². The number of nitrogens with zero attached hydrogens (tertiary/aromatic N) is 2. The zero-order chi connectivity index (χ0) is 14.0. The molecular weight excluding hydrogens is 268 g/mol. The van der Waals surface area contributed by atoms with Gasteiger partial charge in [0, 0.05) is 6.07 Å². The molecule has 0 saturated heterocycles. The number of hydrogen-bond acceptors (Lipinski definition) is 4. The van der Waals surface area contributed by atoms with Crippen LogP contribution in [-0.4, -0.2) is 29.7 Å². The molecule has 2 rings (SSSR count). The second-order valence-electron chi connectivity index (χ2n) is 4.09. The van der Waals surface area contributed by atoms with Crippen LogP contribution < -0.4 is 4.74 Å². The van der Waals surface area contributed by atoms with Gasteiger partial charge in [-0.15, -0.1) is 11.6 Å². The Morgan fingerprint density at radius 2 is 2.21 bits per heavy atom. The van der Waals surface area contributed by atoms with Crippen molar-refractivity contribution in [1.29, 1.82) is 0 Å². The molecule has 0 aliphatic rings. The highest BCUT2D eigenvalue weighted by Crippen LogP contribution is 2.26. The van der Waals surface area contributed by atoms with E-state index in [4.69, 9.17) is 21.1 Å². The van der Waals surface area contributed by atoms with Crippen LogP contribution in [0.1, 0.15) is 18.8 Å². The van der Waals surface area contributed by atoms with Gasteiger partial charge >= 0.3 is 5.97 Å². The summed E-state index contributed by atoms with van der Waals surface area (Å²) in [6.45, 7) is 1.76. The van der Waals surface area contributed by atoms with Crippen LogP contribution in [0.4, 0.5) is 0 Å². The lowest BCUT2D eigenvalue weighted by molar-refractivity contribution is -0.143. The molecule has 0 fully saturated rings. The number of methoxy groups -OCH3 is 2. The lowest BCUT2D eigenvalue weighted by Gasteiger charge is -2.14. The lowest BCUT2D eigenvalue weighted by atomic mass is 10.2. The maximum atomic E-state index is 11.7. The third kappa shape index (κ3) is 2.38. The molecule has 102 valence electrons. The van der Waals surface area contributed by atoms with Crippen molar-refractivity contribution >= 4 is 28.6 Å². The monoisotopic (exact) mass is 282 g/mol. The Bertz CT molecular complexity index is 609. The van der Waals surface area contributed by atoms with Crippen LogP contribution in [0, 0.1) is 0 Å². The molecule has 1 aromatic carbocycles. The summed E-state index contributed by atoms with van der Waals surface area (Å²) in [5.41, 5.74) is 1.57. The highest BCUT2D eigenvalue weighted by Gasteiger charge is 2.21. The molecule has 0 aliphatic carbocycles. The number of ether oxygens (including phenoxy) is 2. The van der Waals surface area contributed by atoms with Crippen LogP contribution >= 0.6 is 11.6 Å². The third-order valence-electron chi connectivity index (χ3n) is 3.02. The fourth-order valence-corrected chi connectivity index (χ4v) is 2.25. The molecule has 0 amide bonds. The lowest BCUT2D eigenvalue weighted by Crippen LogP contribution is -2.19. The number of esters is 1. The van der Waals surface area contributed by atoms with Crippen LogP contribution in [0.2, 0.25) is 0 Å². The van der Waals surface area contributed by atoms with Gasteiger partial charge in [-0.1, -0.05) is 0 Å². The second-order valence-corrected chi connectivity index (χ2v) is 4.35. The van der Waals surface area contributed by atoms with E-state index in [1.165, 1.54) is 7.11 Å². The van der Waals surface area contributed by atoms with Crippen molar-refractivity contribution in [3.63, 3.8) is 0 Å². The van der Waals surface area contributed by atoms with E-state index in [9.17, 15) is 4.79 Å². The molecule has 0 spiro atoms. The quantitative estimate of drug-likeness (QED) is 0.639. The van der Waals surface area contributed by atoms with Gasteiger partial charge in [-0.2, -0.15) is 0 Å². The van der Waals surface area contributed by atoms with Crippen molar-refractivity contribution in [2.75, 3.05) is 14.2 Å². The van der Waals surface area contributed by atoms with Crippen LogP contribution in [0.15, 0.2) is 18.2 Å². The van der Waals surface area contributed by atoms with E-state index in [0.29, 0.717) is 11.6 Å². The van der Waals surface area contributed by atoms with Crippen molar-refractivity contribution in [3.05, 3.63) is 24.0 Å². The van der Waals surface area contributed by atoms with E-state index >= 15 is 0 Å². The number of imidazole rings is 1. The summed E-state index contributed by atoms with van der Waals surface area (Å²) in [5, 5.41) is 0. The van der Waals surface area contributed by atoms with Gasteiger partial charge in [0.15, 0.2) is 0 Å². The summed E-state index contributed by atoms with van der Waals surface area (Å²) in [5.74, 6) is 1.23. The minimum absolute atomic E-state index is 0.221. The molecule has 0 N–H and O–H groups in total. The number of alkyl halides is 1.